The number of carbonyl (C=O) groups is 2. The molecule has 0 spiro atoms. The van der Waals surface area contributed by atoms with E-state index >= 15 is 0 Å². The van der Waals surface area contributed by atoms with Crippen LogP contribution in [-0.2, 0) is 22.6 Å². The molecule has 2 aromatic carbocycles. The highest BCUT2D eigenvalue weighted by Gasteiger charge is 2.28. The molecular formula is C20H21Cl2FN2O2. The minimum atomic E-state index is -0.640. The number of hydrogen-bond acceptors (Lipinski definition) is 2. The highest BCUT2D eigenvalue weighted by molar-refractivity contribution is 6.35. The fourth-order valence-corrected chi connectivity index (χ4v) is 3.28. The number of nitrogens with one attached hydrogen (secondary N) is 1. The molecule has 0 aliphatic heterocycles. The van der Waals surface area contributed by atoms with Crippen molar-refractivity contribution in [3.05, 3.63) is 69.5 Å². The third-order valence-corrected chi connectivity index (χ3v) is 4.84. The molecule has 0 bridgehead atoms. The summed E-state index contributed by atoms with van der Waals surface area (Å²) in [6.07, 6.45) is 0.478. The summed E-state index contributed by atoms with van der Waals surface area (Å²) in [5, 5.41) is 3.47. The Bertz CT molecular complexity index is 812. The molecule has 7 heteroatoms. The van der Waals surface area contributed by atoms with Crippen molar-refractivity contribution in [1.29, 1.82) is 0 Å². The average Bonchev–Trinajstić information content (AvgIpc) is 2.65. The maximum Gasteiger partial charge on any atom is 0.242 e. The van der Waals surface area contributed by atoms with Crippen LogP contribution >= 0.6 is 23.2 Å². The minimum absolute atomic E-state index is 0.0324. The van der Waals surface area contributed by atoms with E-state index < -0.39 is 6.04 Å². The number of nitrogens with zero attached hydrogens (tertiary/aromatic N) is 1. The number of likely N-dealkylation sites (N-methyl/N-ethyl adjacent to an activating group) is 1. The number of benzene rings is 2. The predicted molar refractivity (Wildman–Crippen MR) is 105 cm³/mol. The molecule has 0 aromatic heterocycles. The van der Waals surface area contributed by atoms with E-state index in [1.54, 1.807) is 30.3 Å². The summed E-state index contributed by atoms with van der Waals surface area (Å²) in [4.78, 5) is 26.8. The first-order chi connectivity index (χ1) is 12.8. The zero-order valence-electron chi connectivity index (χ0n) is 15.1. The van der Waals surface area contributed by atoms with E-state index in [0.29, 0.717) is 22.0 Å². The maximum absolute atomic E-state index is 13.2. The van der Waals surface area contributed by atoms with Crippen molar-refractivity contribution in [3.8, 4) is 0 Å². The van der Waals surface area contributed by atoms with Gasteiger partial charge in [0, 0.05) is 23.6 Å². The molecule has 0 heterocycles. The minimum Gasteiger partial charge on any atom is -0.357 e. The molecule has 2 rings (SSSR count). The smallest absolute Gasteiger partial charge is 0.242 e. The standard InChI is InChI=1S/C20H21Cl2FN2O2/c1-3-18(20(27)24-2)25(12-13-4-8-16(23)9-5-13)19(26)10-14-6-7-15(21)11-17(14)22/h4-9,11,18H,3,10,12H2,1-2H3,(H,24,27)/t18-/m1/s1. The molecule has 1 atom stereocenters. The van der Waals surface area contributed by atoms with E-state index in [1.807, 2.05) is 6.92 Å². The van der Waals surface area contributed by atoms with Crippen molar-refractivity contribution in [3.63, 3.8) is 0 Å². The molecule has 2 amide bonds. The Morgan fingerprint density at radius 1 is 1.15 bits per heavy atom. The monoisotopic (exact) mass is 410 g/mol. The average molecular weight is 411 g/mol. The summed E-state index contributed by atoms with van der Waals surface area (Å²) in [5.41, 5.74) is 1.36. The molecule has 144 valence electrons. The van der Waals surface area contributed by atoms with Crippen LogP contribution in [0.3, 0.4) is 0 Å². The van der Waals surface area contributed by atoms with Gasteiger partial charge in [0.15, 0.2) is 0 Å². The fraction of sp³-hybridized carbons (Fsp3) is 0.300. The molecule has 0 saturated carbocycles. The van der Waals surface area contributed by atoms with E-state index in [9.17, 15) is 14.0 Å². The second kappa shape index (κ2) is 9.72. The van der Waals surface area contributed by atoms with E-state index in [-0.39, 0.29) is 30.6 Å². The van der Waals surface area contributed by atoms with Gasteiger partial charge in [-0.2, -0.15) is 0 Å². The van der Waals surface area contributed by atoms with Gasteiger partial charge in [0.1, 0.15) is 11.9 Å². The second-order valence-electron chi connectivity index (χ2n) is 6.10. The fourth-order valence-electron chi connectivity index (χ4n) is 2.80. The Morgan fingerprint density at radius 2 is 1.81 bits per heavy atom. The van der Waals surface area contributed by atoms with Gasteiger partial charge in [0.05, 0.1) is 6.42 Å². The number of amides is 2. The molecule has 0 aliphatic rings. The van der Waals surface area contributed by atoms with Gasteiger partial charge in [-0.3, -0.25) is 9.59 Å². The Labute approximate surface area is 168 Å². The first-order valence-electron chi connectivity index (χ1n) is 8.55. The quantitative estimate of drug-likeness (QED) is 0.742. The van der Waals surface area contributed by atoms with Crippen molar-refractivity contribution in [2.75, 3.05) is 7.05 Å². The van der Waals surface area contributed by atoms with E-state index in [1.165, 1.54) is 24.1 Å². The van der Waals surface area contributed by atoms with Crippen LogP contribution in [0.15, 0.2) is 42.5 Å². The number of carbonyl (C=O) groups excluding carboxylic acids is 2. The van der Waals surface area contributed by atoms with Gasteiger partial charge >= 0.3 is 0 Å². The van der Waals surface area contributed by atoms with Crippen LogP contribution in [0.5, 0.6) is 0 Å². The summed E-state index contributed by atoms with van der Waals surface area (Å²) in [6.45, 7) is 2.02. The van der Waals surface area contributed by atoms with Gasteiger partial charge in [-0.15, -0.1) is 0 Å². The molecule has 0 aliphatic carbocycles. The lowest BCUT2D eigenvalue weighted by atomic mass is 10.1. The van der Waals surface area contributed by atoms with Gasteiger partial charge in [-0.1, -0.05) is 48.3 Å². The first kappa shape index (κ1) is 21.2. The zero-order chi connectivity index (χ0) is 20.0. The van der Waals surface area contributed by atoms with Gasteiger partial charge < -0.3 is 10.2 Å². The van der Waals surface area contributed by atoms with Crippen LogP contribution < -0.4 is 5.32 Å². The summed E-state index contributed by atoms with van der Waals surface area (Å²) >= 11 is 12.1. The Hall–Kier alpha value is -2.11. The van der Waals surface area contributed by atoms with Gasteiger partial charge in [0.2, 0.25) is 11.8 Å². The Kier molecular flexibility index (Phi) is 7.63. The van der Waals surface area contributed by atoms with Crippen molar-refractivity contribution < 1.29 is 14.0 Å². The molecular weight excluding hydrogens is 390 g/mol. The van der Waals surface area contributed by atoms with Crippen LogP contribution in [0.2, 0.25) is 10.0 Å². The maximum atomic E-state index is 13.2. The SMILES string of the molecule is CC[C@H](C(=O)NC)N(Cc1ccc(F)cc1)C(=O)Cc1ccc(Cl)cc1Cl. The Morgan fingerprint density at radius 3 is 2.37 bits per heavy atom. The highest BCUT2D eigenvalue weighted by Crippen LogP contribution is 2.23. The summed E-state index contributed by atoms with van der Waals surface area (Å²) in [7, 11) is 1.53. The van der Waals surface area contributed by atoms with Crippen molar-refractivity contribution in [2.24, 2.45) is 0 Å². The number of rotatable bonds is 7. The molecule has 4 nitrogen and oxygen atoms in total. The molecule has 0 radical (unpaired) electrons. The highest BCUT2D eigenvalue weighted by atomic mass is 35.5. The lowest BCUT2D eigenvalue weighted by Crippen LogP contribution is -2.48. The zero-order valence-corrected chi connectivity index (χ0v) is 16.6. The van der Waals surface area contributed by atoms with Crippen LogP contribution in [0.4, 0.5) is 4.39 Å². The molecule has 0 unspecified atom stereocenters. The van der Waals surface area contributed by atoms with Gasteiger partial charge in [0.25, 0.3) is 0 Å². The third-order valence-electron chi connectivity index (χ3n) is 4.26. The number of hydrogen-bond donors (Lipinski definition) is 1. The normalized spacial score (nSPS) is 11.7. The molecule has 0 fully saturated rings. The molecule has 2 aromatic rings. The van der Waals surface area contributed by atoms with E-state index in [4.69, 9.17) is 23.2 Å². The predicted octanol–water partition coefficient (Wildman–Crippen LogP) is 4.23. The largest absolute Gasteiger partial charge is 0.357 e. The van der Waals surface area contributed by atoms with E-state index in [2.05, 4.69) is 5.32 Å². The van der Waals surface area contributed by atoms with Gasteiger partial charge in [-0.25, -0.2) is 4.39 Å². The molecule has 27 heavy (non-hydrogen) atoms. The van der Waals surface area contributed by atoms with Crippen LogP contribution in [0.1, 0.15) is 24.5 Å². The Balaban J connectivity index is 2.30. The summed E-state index contributed by atoms with van der Waals surface area (Å²) in [5.74, 6) is -0.864. The summed E-state index contributed by atoms with van der Waals surface area (Å²) < 4.78 is 13.2. The van der Waals surface area contributed by atoms with E-state index in [0.717, 1.165) is 5.56 Å². The second-order valence-corrected chi connectivity index (χ2v) is 6.94. The van der Waals surface area contributed by atoms with Crippen LogP contribution in [0, 0.1) is 5.82 Å². The van der Waals surface area contributed by atoms with Crippen molar-refractivity contribution in [1.82, 2.24) is 10.2 Å². The molecule has 0 saturated heterocycles. The van der Waals surface area contributed by atoms with Crippen molar-refractivity contribution in [2.45, 2.75) is 32.4 Å². The number of halogens is 3. The topological polar surface area (TPSA) is 49.4 Å². The van der Waals surface area contributed by atoms with Crippen LogP contribution in [-0.4, -0.2) is 29.8 Å². The van der Waals surface area contributed by atoms with Crippen molar-refractivity contribution >= 4 is 35.0 Å². The lowest BCUT2D eigenvalue weighted by molar-refractivity contribution is -0.140. The third kappa shape index (κ3) is 5.68. The first-order valence-corrected chi connectivity index (χ1v) is 9.30. The van der Waals surface area contributed by atoms with Gasteiger partial charge in [-0.05, 0) is 41.8 Å². The molecule has 1 N–H and O–H groups in total. The van der Waals surface area contributed by atoms with Crippen LogP contribution in [0.25, 0.3) is 0 Å². The lowest BCUT2D eigenvalue weighted by Gasteiger charge is -2.30. The summed E-state index contributed by atoms with van der Waals surface area (Å²) in [6, 6.07) is 10.1.